The molecule has 0 saturated heterocycles. The van der Waals surface area contributed by atoms with Gasteiger partial charge in [0, 0.05) is 13.0 Å². The van der Waals surface area contributed by atoms with Crippen molar-refractivity contribution in [2.45, 2.75) is 26.7 Å². The van der Waals surface area contributed by atoms with E-state index in [0.717, 1.165) is 19.5 Å². The van der Waals surface area contributed by atoms with Gasteiger partial charge in [0.15, 0.2) is 0 Å². The second-order valence-electron chi connectivity index (χ2n) is 2.32. The van der Waals surface area contributed by atoms with Crippen molar-refractivity contribution in [2.24, 2.45) is 0 Å². The van der Waals surface area contributed by atoms with Crippen LogP contribution >= 0.6 is 0 Å². The van der Waals surface area contributed by atoms with Crippen molar-refractivity contribution in [1.82, 2.24) is 5.32 Å². The number of hydrogen-bond acceptors (Lipinski definition) is 3. The molecule has 0 fully saturated rings. The first-order chi connectivity index (χ1) is 5.31. The first kappa shape index (κ1) is 10.4. The molecule has 0 aromatic heterocycles. The molecule has 0 radical (unpaired) electrons. The molecule has 0 atom stereocenters. The molecule has 0 aliphatic rings. The molecule has 0 aromatic rings. The minimum absolute atomic E-state index is 0.0922. The van der Waals surface area contributed by atoms with E-state index >= 15 is 0 Å². The highest BCUT2D eigenvalue weighted by Crippen LogP contribution is 1.89. The van der Waals surface area contributed by atoms with Gasteiger partial charge >= 0.3 is 5.97 Å². The zero-order valence-electron chi connectivity index (χ0n) is 7.35. The number of hydrogen-bond donors (Lipinski definition) is 1. The topological polar surface area (TPSA) is 38.3 Å². The predicted molar refractivity (Wildman–Crippen MR) is 44.4 cm³/mol. The van der Waals surface area contributed by atoms with Crippen molar-refractivity contribution in [3.63, 3.8) is 0 Å². The lowest BCUT2D eigenvalue weighted by molar-refractivity contribution is -0.143. The summed E-state index contributed by atoms with van der Waals surface area (Å²) in [5.74, 6) is -0.0922. The molecule has 3 nitrogen and oxygen atoms in total. The Balaban J connectivity index is 3.04. The summed E-state index contributed by atoms with van der Waals surface area (Å²) < 4.78 is 4.88. The molecule has 0 amide bonds. The van der Waals surface area contributed by atoms with Gasteiger partial charge in [-0.2, -0.15) is 0 Å². The predicted octanol–water partition coefficient (Wildman–Crippen LogP) is 0.939. The van der Waals surface area contributed by atoms with E-state index in [0.29, 0.717) is 13.0 Å². The quantitative estimate of drug-likeness (QED) is 0.463. The normalized spacial score (nSPS) is 9.64. The van der Waals surface area contributed by atoms with Crippen LogP contribution in [0.25, 0.3) is 0 Å². The van der Waals surface area contributed by atoms with Gasteiger partial charge in [-0.05, 0) is 13.0 Å². The first-order valence-corrected chi connectivity index (χ1v) is 4.17. The number of carbonyl (C=O) groups is 1. The van der Waals surface area contributed by atoms with Crippen LogP contribution in [0.15, 0.2) is 0 Å². The number of rotatable bonds is 6. The van der Waals surface area contributed by atoms with Gasteiger partial charge in [-0.3, -0.25) is 4.79 Å². The van der Waals surface area contributed by atoms with Gasteiger partial charge in [0.25, 0.3) is 0 Å². The second kappa shape index (κ2) is 7.54. The molecule has 0 heterocycles. The van der Waals surface area contributed by atoms with Crippen LogP contribution in [0.1, 0.15) is 26.7 Å². The van der Waals surface area contributed by atoms with Crippen molar-refractivity contribution in [3.05, 3.63) is 0 Å². The van der Waals surface area contributed by atoms with Crippen LogP contribution in [-0.4, -0.2) is 25.7 Å². The van der Waals surface area contributed by atoms with E-state index in [4.69, 9.17) is 4.74 Å². The molecule has 0 bridgehead atoms. The highest BCUT2D eigenvalue weighted by atomic mass is 16.5. The first-order valence-electron chi connectivity index (χ1n) is 4.17. The fraction of sp³-hybridized carbons (Fsp3) is 0.875. The minimum atomic E-state index is -0.0922. The molecule has 0 spiro atoms. The Kier molecular flexibility index (Phi) is 7.15. The van der Waals surface area contributed by atoms with Crippen molar-refractivity contribution < 1.29 is 9.53 Å². The molecule has 66 valence electrons. The Bertz CT molecular complexity index is 104. The van der Waals surface area contributed by atoms with E-state index in [2.05, 4.69) is 5.32 Å². The van der Waals surface area contributed by atoms with Gasteiger partial charge in [0.1, 0.15) is 6.61 Å². The Hall–Kier alpha value is -0.570. The van der Waals surface area contributed by atoms with Crippen molar-refractivity contribution in [2.75, 3.05) is 19.7 Å². The van der Waals surface area contributed by atoms with Crippen LogP contribution < -0.4 is 5.32 Å². The lowest BCUT2D eigenvalue weighted by atomic mass is 10.3. The van der Waals surface area contributed by atoms with Crippen LogP contribution in [-0.2, 0) is 9.53 Å². The van der Waals surface area contributed by atoms with Gasteiger partial charge in [-0.1, -0.05) is 13.8 Å². The summed E-state index contributed by atoms with van der Waals surface area (Å²) in [4.78, 5) is 10.8. The number of carbonyl (C=O) groups excluding carboxylic acids is 1. The Morgan fingerprint density at radius 1 is 1.45 bits per heavy atom. The number of esters is 1. The van der Waals surface area contributed by atoms with Crippen LogP contribution in [0, 0.1) is 0 Å². The average molecular weight is 159 g/mol. The molecule has 0 unspecified atom stereocenters. The van der Waals surface area contributed by atoms with Gasteiger partial charge in [0.2, 0.25) is 0 Å². The maximum absolute atomic E-state index is 10.8. The molecule has 0 aliphatic carbocycles. The van der Waals surface area contributed by atoms with Gasteiger partial charge in [0.05, 0.1) is 0 Å². The summed E-state index contributed by atoms with van der Waals surface area (Å²) in [5.41, 5.74) is 0. The number of nitrogens with one attached hydrogen (secondary N) is 1. The SMILES string of the molecule is CCCC(=O)OCCNCC. The number of ether oxygens (including phenoxy) is 1. The third kappa shape index (κ3) is 7.33. The van der Waals surface area contributed by atoms with Gasteiger partial charge in [-0.15, -0.1) is 0 Å². The zero-order valence-corrected chi connectivity index (χ0v) is 7.35. The average Bonchev–Trinajstić information content (AvgIpc) is 1.99. The van der Waals surface area contributed by atoms with Crippen molar-refractivity contribution >= 4 is 5.97 Å². The van der Waals surface area contributed by atoms with Crippen LogP contribution in [0.4, 0.5) is 0 Å². The summed E-state index contributed by atoms with van der Waals surface area (Å²) >= 11 is 0. The molecule has 11 heavy (non-hydrogen) atoms. The Morgan fingerprint density at radius 3 is 2.73 bits per heavy atom. The van der Waals surface area contributed by atoms with E-state index in [-0.39, 0.29) is 5.97 Å². The van der Waals surface area contributed by atoms with E-state index in [1.54, 1.807) is 0 Å². The van der Waals surface area contributed by atoms with E-state index < -0.39 is 0 Å². The lowest BCUT2D eigenvalue weighted by Crippen LogP contribution is -2.20. The fourth-order valence-electron chi connectivity index (χ4n) is 0.690. The monoisotopic (exact) mass is 159 g/mol. The summed E-state index contributed by atoms with van der Waals surface area (Å²) in [6.45, 7) is 6.16. The van der Waals surface area contributed by atoms with E-state index in [1.807, 2.05) is 13.8 Å². The standard InChI is InChI=1S/C8H17NO2/c1-3-5-8(10)11-7-6-9-4-2/h9H,3-7H2,1-2H3. The highest BCUT2D eigenvalue weighted by molar-refractivity contribution is 5.69. The largest absolute Gasteiger partial charge is 0.464 e. The summed E-state index contributed by atoms with van der Waals surface area (Å²) in [7, 11) is 0. The smallest absolute Gasteiger partial charge is 0.305 e. The maximum atomic E-state index is 10.8. The summed E-state index contributed by atoms with van der Waals surface area (Å²) in [6, 6.07) is 0. The third-order valence-electron chi connectivity index (χ3n) is 1.25. The number of likely N-dealkylation sites (N-methyl/N-ethyl adjacent to an activating group) is 1. The Morgan fingerprint density at radius 2 is 2.18 bits per heavy atom. The zero-order chi connectivity index (χ0) is 8.53. The minimum Gasteiger partial charge on any atom is -0.464 e. The third-order valence-corrected chi connectivity index (χ3v) is 1.25. The van der Waals surface area contributed by atoms with Gasteiger partial charge < -0.3 is 10.1 Å². The van der Waals surface area contributed by atoms with Crippen LogP contribution in [0.5, 0.6) is 0 Å². The molecule has 0 saturated carbocycles. The molecular formula is C8H17NO2. The molecule has 1 N–H and O–H groups in total. The highest BCUT2D eigenvalue weighted by Gasteiger charge is 1.98. The molecular weight excluding hydrogens is 142 g/mol. The Labute approximate surface area is 68.1 Å². The maximum Gasteiger partial charge on any atom is 0.305 e. The second-order valence-corrected chi connectivity index (χ2v) is 2.32. The molecule has 0 rings (SSSR count). The summed E-state index contributed by atoms with van der Waals surface area (Å²) in [5, 5.41) is 3.07. The summed E-state index contributed by atoms with van der Waals surface area (Å²) in [6.07, 6.45) is 1.40. The van der Waals surface area contributed by atoms with E-state index in [1.165, 1.54) is 0 Å². The van der Waals surface area contributed by atoms with Gasteiger partial charge in [-0.25, -0.2) is 0 Å². The lowest BCUT2D eigenvalue weighted by Gasteiger charge is -2.03. The molecule has 3 heteroatoms. The van der Waals surface area contributed by atoms with Crippen LogP contribution in [0.2, 0.25) is 0 Å². The molecule has 0 aromatic carbocycles. The molecule has 0 aliphatic heterocycles. The van der Waals surface area contributed by atoms with E-state index in [9.17, 15) is 4.79 Å². The van der Waals surface area contributed by atoms with Crippen molar-refractivity contribution in [3.8, 4) is 0 Å². The fourth-order valence-corrected chi connectivity index (χ4v) is 0.690. The van der Waals surface area contributed by atoms with Crippen LogP contribution in [0.3, 0.4) is 0 Å². The van der Waals surface area contributed by atoms with Crippen molar-refractivity contribution in [1.29, 1.82) is 0 Å².